The zero-order valence-corrected chi connectivity index (χ0v) is 23.6. The number of nitrogens with zero attached hydrogens (tertiary/aromatic N) is 1. The first-order valence-electron chi connectivity index (χ1n) is 11.7. The number of carbonyl (C=O) groups is 2. The van der Waals surface area contributed by atoms with Gasteiger partial charge < -0.3 is 24.4 Å². The lowest BCUT2D eigenvalue weighted by atomic mass is 9.95. The number of terminal acetylenes is 1. The molecule has 0 saturated carbocycles. The first-order chi connectivity index (χ1) is 18.2. The third kappa shape index (κ3) is 7.85. The number of rotatable bonds is 10. The summed E-state index contributed by atoms with van der Waals surface area (Å²) in [5.74, 6) is -1.02. The highest BCUT2D eigenvalue weighted by Crippen LogP contribution is 2.50. The third-order valence-electron chi connectivity index (χ3n) is 5.31. The van der Waals surface area contributed by atoms with E-state index in [4.69, 9.17) is 34.2 Å². The van der Waals surface area contributed by atoms with Crippen molar-refractivity contribution in [3.63, 3.8) is 0 Å². The molecular formula is C23H32FN2O13P. The van der Waals surface area contributed by atoms with Crippen LogP contribution in [0.4, 0.5) is 4.39 Å². The second-order valence-electron chi connectivity index (χ2n) is 10.7. The lowest BCUT2D eigenvalue weighted by molar-refractivity contribution is -0.163. The Hall–Kier alpha value is -2.90. The first kappa shape index (κ1) is 33.3. The fourth-order valence-electron chi connectivity index (χ4n) is 2.97. The van der Waals surface area contributed by atoms with Crippen molar-refractivity contribution in [2.24, 2.45) is 10.8 Å². The fraction of sp³-hybridized carbons (Fsp3) is 0.652. The molecule has 1 saturated heterocycles. The number of esters is 2. The Morgan fingerprint density at radius 2 is 1.62 bits per heavy atom. The van der Waals surface area contributed by atoms with Gasteiger partial charge in [0.15, 0.2) is 11.8 Å². The Morgan fingerprint density at radius 3 is 2.08 bits per heavy atom. The number of carbonyl (C=O) groups excluding carboxylic acids is 2. The zero-order valence-electron chi connectivity index (χ0n) is 22.7. The summed E-state index contributed by atoms with van der Waals surface area (Å²) in [7, 11) is -4.74. The molecule has 1 aromatic heterocycles. The van der Waals surface area contributed by atoms with Crippen LogP contribution in [0, 0.1) is 29.0 Å². The number of hydrogen-bond acceptors (Lipinski definition) is 13. The van der Waals surface area contributed by atoms with Gasteiger partial charge in [-0.3, -0.25) is 28.5 Å². The predicted octanol–water partition coefficient (Wildman–Crippen LogP) is 0.550. The number of aliphatic hydroxyl groups excluding tert-OH is 1. The van der Waals surface area contributed by atoms with Crippen LogP contribution in [-0.2, 0) is 41.9 Å². The molecular weight excluding hydrogens is 562 g/mol. The summed E-state index contributed by atoms with van der Waals surface area (Å²) in [6.07, 6.45) is 0.171. The van der Waals surface area contributed by atoms with Gasteiger partial charge in [0.2, 0.25) is 19.4 Å². The van der Waals surface area contributed by atoms with E-state index in [0.717, 1.165) is 0 Å². The van der Waals surface area contributed by atoms with E-state index in [9.17, 15) is 38.3 Å². The number of aliphatic hydroxyl groups is 2. The van der Waals surface area contributed by atoms with Gasteiger partial charge in [-0.25, -0.2) is 18.4 Å². The van der Waals surface area contributed by atoms with Crippen LogP contribution in [0.15, 0.2) is 15.8 Å². The summed E-state index contributed by atoms with van der Waals surface area (Å²) >= 11 is 0. The van der Waals surface area contributed by atoms with Gasteiger partial charge >= 0.3 is 25.5 Å². The van der Waals surface area contributed by atoms with Gasteiger partial charge in [0.1, 0.15) is 12.2 Å². The Kier molecular flexibility index (Phi) is 10.3. The molecule has 1 aromatic rings. The molecule has 0 amide bonds. The number of aromatic amines is 1. The number of aromatic nitrogens is 2. The van der Waals surface area contributed by atoms with Gasteiger partial charge in [-0.15, -0.1) is 6.42 Å². The number of phosphoric ester groups is 1. The van der Waals surface area contributed by atoms with E-state index in [-0.39, 0.29) is 0 Å². The van der Waals surface area contributed by atoms with E-state index in [2.05, 4.69) is 0 Å². The number of H-pyrrole nitrogens is 1. The minimum atomic E-state index is -4.74. The molecule has 1 aliphatic rings. The van der Waals surface area contributed by atoms with Crippen LogP contribution in [-0.4, -0.2) is 69.7 Å². The molecule has 0 radical (unpaired) electrons. The average Bonchev–Trinajstić information content (AvgIpc) is 3.09. The van der Waals surface area contributed by atoms with Gasteiger partial charge in [-0.05, 0) is 41.5 Å². The van der Waals surface area contributed by atoms with Crippen LogP contribution in [0.3, 0.4) is 0 Å². The van der Waals surface area contributed by atoms with Crippen LogP contribution in [0.25, 0.3) is 0 Å². The zero-order chi connectivity index (χ0) is 30.7. The van der Waals surface area contributed by atoms with Crippen molar-refractivity contribution in [3.05, 3.63) is 32.9 Å². The molecule has 4 atom stereocenters. The highest BCUT2D eigenvalue weighted by Gasteiger charge is 2.56. The summed E-state index contributed by atoms with van der Waals surface area (Å²) in [5, 5.41) is 21.5. The SMILES string of the molecule is C#C[C@@]1(O)[C@H](O)[C@@H](COP(=O)(OCOC(=O)C(C)(C)C)OCOC(=O)C(C)(C)C)O[C@H]1n1cc(F)c(=O)[nH]c1=O. The molecule has 17 heteroatoms. The van der Waals surface area contributed by atoms with Crippen molar-refractivity contribution < 1.29 is 56.5 Å². The smallest absolute Gasteiger partial charge is 0.437 e. The Bertz CT molecular complexity index is 1270. The van der Waals surface area contributed by atoms with Gasteiger partial charge in [0.25, 0.3) is 5.56 Å². The van der Waals surface area contributed by atoms with Gasteiger partial charge in [0, 0.05) is 0 Å². The number of nitrogens with one attached hydrogen (secondary N) is 1. The summed E-state index contributed by atoms with van der Waals surface area (Å²) in [5.41, 5.74) is -7.10. The molecule has 0 unspecified atom stereocenters. The van der Waals surface area contributed by atoms with Crippen LogP contribution >= 0.6 is 7.82 Å². The molecule has 2 heterocycles. The maximum atomic E-state index is 13.8. The molecule has 15 nitrogen and oxygen atoms in total. The normalized spacial score (nSPS) is 23.4. The van der Waals surface area contributed by atoms with Crippen molar-refractivity contribution in [2.45, 2.75) is 65.6 Å². The highest BCUT2D eigenvalue weighted by atomic mass is 31.2. The summed E-state index contributed by atoms with van der Waals surface area (Å²) in [4.78, 5) is 49.2. The average molecular weight is 594 g/mol. The van der Waals surface area contributed by atoms with Crippen molar-refractivity contribution in [1.82, 2.24) is 9.55 Å². The van der Waals surface area contributed by atoms with Crippen molar-refractivity contribution in [3.8, 4) is 12.3 Å². The first-order valence-corrected chi connectivity index (χ1v) is 13.1. The van der Waals surface area contributed by atoms with E-state index < -0.39 is 91.9 Å². The molecule has 2 rings (SSSR count). The summed E-state index contributed by atoms with van der Waals surface area (Å²) in [6.45, 7) is 6.58. The van der Waals surface area contributed by atoms with E-state index in [1.54, 1.807) is 46.5 Å². The monoisotopic (exact) mass is 594 g/mol. The second-order valence-corrected chi connectivity index (χ2v) is 12.4. The van der Waals surface area contributed by atoms with Crippen molar-refractivity contribution in [1.29, 1.82) is 0 Å². The van der Waals surface area contributed by atoms with Crippen LogP contribution in [0.1, 0.15) is 47.8 Å². The minimum Gasteiger partial charge on any atom is -0.437 e. The number of halogens is 1. The lowest BCUT2D eigenvalue weighted by Crippen LogP contribution is -2.48. The van der Waals surface area contributed by atoms with E-state index >= 15 is 0 Å². The van der Waals surface area contributed by atoms with Crippen molar-refractivity contribution in [2.75, 3.05) is 20.2 Å². The number of hydrogen-bond donors (Lipinski definition) is 3. The van der Waals surface area contributed by atoms with Crippen molar-refractivity contribution >= 4 is 19.8 Å². The predicted molar refractivity (Wildman–Crippen MR) is 132 cm³/mol. The fourth-order valence-corrected chi connectivity index (χ4v) is 3.89. The van der Waals surface area contributed by atoms with Crippen LogP contribution in [0.2, 0.25) is 0 Å². The van der Waals surface area contributed by atoms with Crippen LogP contribution < -0.4 is 11.2 Å². The Morgan fingerprint density at radius 1 is 1.12 bits per heavy atom. The van der Waals surface area contributed by atoms with E-state index in [0.29, 0.717) is 10.8 Å². The largest absolute Gasteiger partial charge is 0.480 e. The molecule has 224 valence electrons. The molecule has 40 heavy (non-hydrogen) atoms. The summed E-state index contributed by atoms with van der Waals surface area (Å²) in [6, 6.07) is 0. The Labute approximate surface area is 228 Å². The molecule has 1 aliphatic heterocycles. The minimum absolute atomic E-state index is 0.407. The molecule has 0 bridgehead atoms. The van der Waals surface area contributed by atoms with Gasteiger partial charge in [-0.1, -0.05) is 5.92 Å². The maximum Gasteiger partial charge on any atom is 0.480 e. The molecule has 0 spiro atoms. The second kappa shape index (κ2) is 12.3. The molecule has 0 aromatic carbocycles. The Balaban J connectivity index is 2.23. The number of ether oxygens (including phenoxy) is 3. The summed E-state index contributed by atoms with van der Waals surface area (Å²) < 4.78 is 57.8. The molecule has 3 N–H and O–H groups in total. The highest BCUT2D eigenvalue weighted by molar-refractivity contribution is 7.48. The van der Waals surface area contributed by atoms with E-state index in [1.165, 1.54) is 0 Å². The molecule has 1 fully saturated rings. The standard InChI is InChI=1S/C23H32FN2O13P/c1-8-23(32)15(27)14(39-17(23)26-9-13(24)16(28)25-20(26)31)10-36-40(33,37-11-34-18(29)21(2,3)4)38-12-35-19(30)22(5,6)7/h1,9,14-15,17,27,32H,10-12H2,2-7H3,(H,25,28,31)/t14-,15-,17-,23-/m1/s1. The van der Waals surface area contributed by atoms with Gasteiger partial charge in [-0.2, -0.15) is 4.39 Å². The number of phosphoric acid groups is 1. The quantitative estimate of drug-likeness (QED) is 0.147. The van der Waals surface area contributed by atoms with Gasteiger partial charge in [0.05, 0.1) is 23.6 Å². The van der Waals surface area contributed by atoms with E-state index in [1.807, 2.05) is 5.92 Å². The maximum absolute atomic E-state index is 13.8. The van der Waals surface area contributed by atoms with Crippen LogP contribution in [0.5, 0.6) is 0 Å². The lowest BCUT2D eigenvalue weighted by Gasteiger charge is -2.26. The molecule has 0 aliphatic carbocycles. The third-order valence-corrected chi connectivity index (χ3v) is 6.62. The topological polar surface area (TPSA) is 202 Å².